The lowest BCUT2D eigenvalue weighted by molar-refractivity contribution is 0.413. The van der Waals surface area contributed by atoms with Gasteiger partial charge in [0.2, 0.25) is 0 Å². The predicted molar refractivity (Wildman–Crippen MR) is 111 cm³/mol. The minimum atomic E-state index is 0.217. The van der Waals surface area contributed by atoms with E-state index in [-0.39, 0.29) is 6.04 Å². The largest absolute Gasteiger partial charge is 0.497 e. The van der Waals surface area contributed by atoms with Crippen molar-refractivity contribution in [3.63, 3.8) is 0 Å². The van der Waals surface area contributed by atoms with Crippen molar-refractivity contribution in [3.05, 3.63) is 72.1 Å². The van der Waals surface area contributed by atoms with Gasteiger partial charge in [0.1, 0.15) is 5.75 Å². The third kappa shape index (κ3) is 3.28. The van der Waals surface area contributed by atoms with Crippen molar-refractivity contribution in [1.82, 2.24) is 14.9 Å². The molecule has 4 rings (SSSR count). The lowest BCUT2D eigenvalue weighted by Crippen LogP contribution is -2.18. The molecule has 0 bridgehead atoms. The number of methoxy groups -OCH3 is 1. The molecule has 4 nitrogen and oxygen atoms in total. The first kappa shape index (κ1) is 17.6. The highest BCUT2D eigenvalue weighted by atomic mass is 16.5. The molecule has 138 valence electrons. The second-order valence-corrected chi connectivity index (χ2v) is 6.83. The topological polar surface area (TPSA) is 39.1 Å². The van der Waals surface area contributed by atoms with E-state index in [1.807, 2.05) is 18.3 Å². The number of fused-ring (bicyclic) bond motifs is 3. The fourth-order valence-electron chi connectivity index (χ4n) is 3.71. The minimum Gasteiger partial charge on any atom is -0.497 e. The van der Waals surface area contributed by atoms with Crippen LogP contribution in [0.5, 0.6) is 5.75 Å². The molecule has 0 unspecified atom stereocenters. The number of aryl methyl sites for hydroxylation is 1. The number of nitrogens with zero attached hydrogens (tertiary/aromatic N) is 2. The van der Waals surface area contributed by atoms with Crippen LogP contribution >= 0.6 is 0 Å². The first-order valence-electron chi connectivity index (χ1n) is 9.44. The summed E-state index contributed by atoms with van der Waals surface area (Å²) in [7, 11) is 1.70. The molecule has 0 aliphatic rings. The molecule has 2 aromatic heterocycles. The number of rotatable bonds is 6. The predicted octanol–water partition coefficient (Wildman–Crippen LogP) is 5.07. The standard InChI is InChI=1S/C23H25N3O/c1-4-26-22-11-6-5-10-20(22)21-13-18(25-15-23(21)26)14-24-16(2)17-8-7-9-19(12-17)27-3/h5-13,15-16,24H,4,14H2,1-3H3/t16-/m1/s1. The molecule has 1 N–H and O–H groups in total. The Bertz CT molecular complexity index is 1080. The van der Waals surface area contributed by atoms with Crippen LogP contribution < -0.4 is 10.1 Å². The number of nitrogens with one attached hydrogen (secondary N) is 1. The molecule has 0 aliphatic carbocycles. The first-order chi connectivity index (χ1) is 13.2. The van der Waals surface area contributed by atoms with Crippen LogP contribution in [0.2, 0.25) is 0 Å². The number of ether oxygens (including phenoxy) is 1. The Labute approximate surface area is 159 Å². The molecule has 0 saturated carbocycles. The van der Waals surface area contributed by atoms with Crippen molar-refractivity contribution in [2.24, 2.45) is 0 Å². The Morgan fingerprint density at radius 1 is 1.04 bits per heavy atom. The van der Waals surface area contributed by atoms with Gasteiger partial charge in [0, 0.05) is 35.4 Å². The van der Waals surface area contributed by atoms with E-state index in [9.17, 15) is 0 Å². The van der Waals surface area contributed by atoms with Gasteiger partial charge in [0.05, 0.1) is 24.5 Å². The van der Waals surface area contributed by atoms with E-state index >= 15 is 0 Å². The van der Waals surface area contributed by atoms with Crippen molar-refractivity contribution >= 4 is 21.8 Å². The van der Waals surface area contributed by atoms with Crippen LogP contribution in [0.3, 0.4) is 0 Å². The summed E-state index contributed by atoms with van der Waals surface area (Å²) >= 11 is 0. The highest BCUT2D eigenvalue weighted by Gasteiger charge is 2.11. The molecule has 4 aromatic rings. The van der Waals surface area contributed by atoms with Gasteiger partial charge in [0.25, 0.3) is 0 Å². The minimum absolute atomic E-state index is 0.217. The zero-order valence-corrected chi connectivity index (χ0v) is 16.1. The van der Waals surface area contributed by atoms with Crippen LogP contribution in [0, 0.1) is 0 Å². The van der Waals surface area contributed by atoms with Crippen LogP contribution in [0.1, 0.15) is 31.1 Å². The molecule has 0 saturated heterocycles. The van der Waals surface area contributed by atoms with Gasteiger partial charge in [-0.1, -0.05) is 30.3 Å². The molecule has 0 fully saturated rings. The third-order valence-corrected chi connectivity index (χ3v) is 5.21. The zero-order valence-electron chi connectivity index (χ0n) is 16.1. The van der Waals surface area contributed by atoms with Crippen LogP contribution in [0.4, 0.5) is 0 Å². The molecule has 0 spiro atoms. The maximum absolute atomic E-state index is 5.33. The summed E-state index contributed by atoms with van der Waals surface area (Å²) in [5.41, 5.74) is 4.73. The highest BCUT2D eigenvalue weighted by Crippen LogP contribution is 2.29. The maximum Gasteiger partial charge on any atom is 0.119 e. The number of pyridine rings is 1. The molecular formula is C23H25N3O. The van der Waals surface area contributed by atoms with E-state index in [2.05, 4.69) is 66.2 Å². The Balaban J connectivity index is 1.60. The number of aromatic nitrogens is 2. The average Bonchev–Trinajstić information content (AvgIpc) is 3.05. The summed E-state index contributed by atoms with van der Waals surface area (Å²) < 4.78 is 7.65. The Morgan fingerprint density at radius 3 is 2.70 bits per heavy atom. The van der Waals surface area contributed by atoms with Crippen LogP contribution in [0.15, 0.2) is 60.8 Å². The van der Waals surface area contributed by atoms with E-state index in [4.69, 9.17) is 9.72 Å². The van der Waals surface area contributed by atoms with Crippen molar-refractivity contribution < 1.29 is 4.74 Å². The summed E-state index contributed by atoms with van der Waals surface area (Å²) in [6.45, 7) is 6.00. The van der Waals surface area contributed by atoms with Gasteiger partial charge < -0.3 is 14.6 Å². The molecule has 0 radical (unpaired) electrons. The number of para-hydroxylation sites is 1. The van der Waals surface area contributed by atoms with Gasteiger partial charge in [-0.05, 0) is 43.7 Å². The van der Waals surface area contributed by atoms with E-state index in [0.29, 0.717) is 0 Å². The van der Waals surface area contributed by atoms with Crippen molar-refractivity contribution in [2.75, 3.05) is 7.11 Å². The fourth-order valence-corrected chi connectivity index (χ4v) is 3.71. The van der Waals surface area contributed by atoms with E-state index in [0.717, 1.165) is 24.5 Å². The molecule has 2 heterocycles. The molecule has 0 aliphatic heterocycles. The normalized spacial score (nSPS) is 12.6. The number of hydrogen-bond donors (Lipinski definition) is 1. The fraction of sp³-hybridized carbons (Fsp3) is 0.261. The zero-order chi connectivity index (χ0) is 18.8. The Kier molecular flexibility index (Phi) is 4.82. The maximum atomic E-state index is 5.33. The Morgan fingerprint density at radius 2 is 1.89 bits per heavy atom. The third-order valence-electron chi connectivity index (χ3n) is 5.21. The van der Waals surface area contributed by atoms with Crippen LogP contribution in [0.25, 0.3) is 21.8 Å². The van der Waals surface area contributed by atoms with Crippen molar-refractivity contribution in [1.29, 1.82) is 0 Å². The first-order valence-corrected chi connectivity index (χ1v) is 9.44. The van der Waals surface area contributed by atoms with Gasteiger partial charge in [0.15, 0.2) is 0 Å². The average molecular weight is 359 g/mol. The van der Waals surface area contributed by atoms with Gasteiger partial charge in [-0.2, -0.15) is 0 Å². The van der Waals surface area contributed by atoms with E-state index in [1.54, 1.807) is 7.11 Å². The van der Waals surface area contributed by atoms with Crippen LogP contribution in [-0.4, -0.2) is 16.7 Å². The van der Waals surface area contributed by atoms with E-state index < -0.39 is 0 Å². The molecule has 27 heavy (non-hydrogen) atoms. The lowest BCUT2D eigenvalue weighted by Gasteiger charge is -2.15. The van der Waals surface area contributed by atoms with Crippen molar-refractivity contribution in [2.45, 2.75) is 33.0 Å². The molecular weight excluding hydrogens is 334 g/mol. The quantitative estimate of drug-likeness (QED) is 0.522. The number of hydrogen-bond acceptors (Lipinski definition) is 3. The van der Waals surface area contributed by atoms with Gasteiger partial charge in [-0.15, -0.1) is 0 Å². The highest BCUT2D eigenvalue weighted by molar-refractivity contribution is 6.07. The van der Waals surface area contributed by atoms with Crippen LogP contribution in [-0.2, 0) is 13.1 Å². The summed E-state index contributed by atoms with van der Waals surface area (Å²) in [5.74, 6) is 0.882. The molecule has 2 aromatic carbocycles. The molecule has 0 amide bonds. The smallest absolute Gasteiger partial charge is 0.119 e. The summed E-state index contributed by atoms with van der Waals surface area (Å²) in [5, 5.41) is 6.14. The second kappa shape index (κ2) is 7.41. The van der Waals surface area contributed by atoms with E-state index in [1.165, 1.54) is 27.4 Å². The number of benzene rings is 2. The Hall–Kier alpha value is -2.85. The SMILES string of the molecule is CCn1c2ccccc2c2cc(CN[C@H](C)c3cccc(OC)c3)ncc21. The van der Waals surface area contributed by atoms with Gasteiger partial charge >= 0.3 is 0 Å². The molecule has 1 atom stereocenters. The van der Waals surface area contributed by atoms with Gasteiger partial charge in [-0.25, -0.2) is 0 Å². The molecule has 4 heteroatoms. The monoisotopic (exact) mass is 359 g/mol. The summed E-state index contributed by atoms with van der Waals surface area (Å²) in [6, 6.07) is 19.2. The van der Waals surface area contributed by atoms with Crippen molar-refractivity contribution in [3.8, 4) is 5.75 Å². The lowest BCUT2D eigenvalue weighted by atomic mass is 10.1. The second-order valence-electron chi connectivity index (χ2n) is 6.83. The van der Waals surface area contributed by atoms with Gasteiger partial charge in [-0.3, -0.25) is 4.98 Å². The summed E-state index contributed by atoms with van der Waals surface area (Å²) in [6.07, 6.45) is 2.01. The summed E-state index contributed by atoms with van der Waals surface area (Å²) in [4.78, 5) is 4.70.